The van der Waals surface area contributed by atoms with Crippen LogP contribution in [0.4, 0.5) is 10.1 Å². The van der Waals surface area contributed by atoms with Crippen molar-refractivity contribution in [1.29, 1.82) is 0 Å². The molecule has 8 nitrogen and oxygen atoms in total. The first-order valence-electron chi connectivity index (χ1n) is 9.87. The van der Waals surface area contributed by atoms with E-state index < -0.39 is 16.3 Å². The summed E-state index contributed by atoms with van der Waals surface area (Å²) < 4.78 is 15.3. The second kappa shape index (κ2) is 8.29. The standard InChI is InChI=1S/C21H22FN5O3/c1-2-24-8-10-25(11-9-24)14-20-23-19-7-6-17(27(29)30)13-18(19)21(28)26(20)16-5-3-4-15(22)12-16/h3-7,12-13H,2,8-11,14H2,1H3. The van der Waals surface area contributed by atoms with E-state index in [-0.39, 0.29) is 11.1 Å². The number of hydrogen-bond acceptors (Lipinski definition) is 6. The fourth-order valence-corrected chi connectivity index (χ4v) is 3.78. The predicted molar refractivity (Wildman–Crippen MR) is 111 cm³/mol. The van der Waals surface area contributed by atoms with Gasteiger partial charge in [0, 0.05) is 38.3 Å². The van der Waals surface area contributed by atoms with Crippen LogP contribution in [0, 0.1) is 15.9 Å². The van der Waals surface area contributed by atoms with Crippen molar-refractivity contribution in [3.05, 3.63) is 74.6 Å². The summed E-state index contributed by atoms with van der Waals surface area (Å²) in [6, 6.07) is 9.79. The molecule has 2 aromatic carbocycles. The van der Waals surface area contributed by atoms with E-state index in [1.165, 1.54) is 41.0 Å². The third-order valence-electron chi connectivity index (χ3n) is 5.48. The largest absolute Gasteiger partial charge is 0.301 e. The second-order valence-electron chi connectivity index (χ2n) is 7.32. The summed E-state index contributed by atoms with van der Waals surface area (Å²) in [4.78, 5) is 33.1. The highest BCUT2D eigenvalue weighted by atomic mass is 19.1. The molecule has 0 spiro atoms. The highest BCUT2D eigenvalue weighted by Gasteiger charge is 2.21. The van der Waals surface area contributed by atoms with Gasteiger partial charge in [-0.25, -0.2) is 9.37 Å². The number of halogens is 1. The monoisotopic (exact) mass is 411 g/mol. The number of nitrogens with zero attached hydrogens (tertiary/aromatic N) is 5. The quantitative estimate of drug-likeness (QED) is 0.474. The summed E-state index contributed by atoms with van der Waals surface area (Å²) >= 11 is 0. The molecule has 0 saturated carbocycles. The van der Waals surface area contributed by atoms with Crippen molar-refractivity contribution in [3.8, 4) is 5.69 Å². The maximum atomic E-state index is 13.9. The molecule has 0 aliphatic carbocycles. The number of hydrogen-bond donors (Lipinski definition) is 0. The SMILES string of the molecule is CCN1CCN(Cc2nc3ccc([N+](=O)[O-])cc3c(=O)n2-c2cccc(F)c2)CC1. The average molecular weight is 411 g/mol. The van der Waals surface area contributed by atoms with Crippen LogP contribution >= 0.6 is 0 Å². The van der Waals surface area contributed by atoms with Gasteiger partial charge in [-0.05, 0) is 30.8 Å². The Kier molecular flexibility index (Phi) is 5.56. The average Bonchev–Trinajstić information content (AvgIpc) is 2.74. The molecule has 1 aliphatic rings. The highest BCUT2D eigenvalue weighted by molar-refractivity contribution is 5.80. The van der Waals surface area contributed by atoms with Crippen LogP contribution in [0.25, 0.3) is 16.6 Å². The molecular formula is C21H22FN5O3. The number of non-ortho nitro benzene ring substituents is 1. The molecule has 1 aliphatic heterocycles. The smallest absolute Gasteiger partial charge is 0.270 e. The summed E-state index contributed by atoms with van der Waals surface area (Å²) in [5, 5.41) is 11.3. The van der Waals surface area contributed by atoms with Crippen molar-refractivity contribution in [2.45, 2.75) is 13.5 Å². The molecule has 0 bridgehead atoms. The Bertz CT molecular complexity index is 1160. The Morgan fingerprint density at radius 1 is 1.10 bits per heavy atom. The van der Waals surface area contributed by atoms with Gasteiger partial charge in [0.2, 0.25) is 0 Å². The number of rotatable bonds is 5. The van der Waals surface area contributed by atoms with Gasteiger partial charge in [0.25, 0.3) is 11.2 Å². The summed E-state index contributed by atoms with van der Waals surface area (Å²) in [5.41, 5.74) is 0.107. The lowest BCUT2D eigenvalue weighted by Crippen LogP contribution is -2.46. The van der Waals surface area contributed by atoms with Crippen LogP contribution in [0.15, 0.2) is 47.3 Å². The lowest BCUT2D eigenvalue weighted by molar-refractivity contribution is -0.384. The summed E-state index contributed by atoms with van der Waals surface area (Å²) in [7, 11) is 0. The Hall–Kier alpha value is -3.17. The Balaban J connectivity index is 1.83. The maximum absolute atomic E-state index is 13.9. The fourth-order valence-electron chi connectivity index (χ4n) is 3.78. The lowest BCUT2D eigenvalue weighted by Gasteiger charge is -2.34. The molecule has 0 N–H and O–H groups in total. The van der Waals surface area contributed by atoms with E-state index in [1.54, 1.807) is 6.07 Å². The van der Waals surface area contributed by atoms with Gasteiger partial charge in [0.05, 0.1) is 28.1 Å². The van der Waals surface area contributed by atoms with Crippen LogP contribution in [0.5, 0.6) is 0 Å². The molecule has 9 heteroatoms. The van der Waals surface area contributed by atoms with Crippen molar-refractivity contribution in [2.24, 2.45) is 0 Å². The Morgan fingerprint density at radius 3 is 2.50 bits per heavy atom. The Labute approximate surface area is 172 Å². The number of nitro groups is 1. The first-order valence-corrected chi connectivity index (χ1v) is 9.87. The number of likely N-dealkylation sites (N-methyl/N-ethyl adjacent to an activating group) is 1. The van der Waals surface area contributed by atoms with Crippen LogP contribution in [-0.4, -0.2) is 57.0 Å². The molecule has 3 aromatic rings. The second-order valence-corrected chi connectivity index (χ2v) is 7.32. The summed E-state index contributed by atoms with van der Waals surface area (Å²) in [5.74, 6) is 0.0120. The van der Waals surface area contributed by atoms with Crippen LogP contribution < -0.4 is 5.56 Å². The van der Waals surface area contributed by atoms with Crippen molar-refractivity contribution in [1.82, 2.24) is 19.4 Å². The van der Waals surface area contributed by atoms with Crippen molar-refractivity contribution in [3.63, 3.8) is 0 Å². The van der Waals surface area contributed by atoms with Gasteiger partial charge in [-0.2, -0.15) is 0 Å². The zero-order valence-corrected chi connectivity index (χ0v) is 16.6. The van der Waals surface area contributed by atoms with E-state index in [0.29, 0.717) is 23.6 Å². The van der Waals surface area contributed by atoms with E-state index in [0.717, 1.165) is 32.7 Å². The number of fused-ring (bicyclic) bond motifs is 1. The van der Waals surface area contributed by atoms with Gasteiger partial charge in [0.15, 0.2) is 0 Å². The minimum Gasteiger partial charge on any atom is -0.301 e. The van der Waals surface area contributed by atoms with Gasteiger partial charge >= 0.3 is 0 Å². The number of piperazine rings is 1. The van der Waals surface area contributed by atoms with E-state index in [1.807, 2.05) is 0 Å². The predicted octanol–water partition coefficient (Wildman–Crippen LogP) is 2.57. The van der Waals surface area contributed by atoms with Gasteiger partial charge in [-0.15, -0.1) is 0 Å². The summed E-state index contributed by atoms with van der Waals surface area (Å²) in [6.07, 6.45) is 0. The molecule has 0 unspecified atom stereocenters. The van der Waals surface area contributed by atoms with Crippen molar-refractivity contribution >= 4 is 16.6 Å². The van der Waals surface area contributed by atoms with Gasteiger partial charge in [-0.1, -0.05) is 13.0 Å². The molecule has 0 radical (unpaired) electrons. The maximum Gasteiger partial charge on any atom is 0.270 e. The molecular weight excluding hydrogens is 389 g/mol. The third kappa shape index (κ3) is 3.94. The fraction of sp³-hybridized carbons (Fsp3) is 0.333. The minimum atomic E-state index is -0.549. The van der Waals surface area contributed by atoms with E-state index in [2.05, 4.69) is 21.7 Å². The normalized spacial score (nSPS) is 15.5. The van der Waals surface area contributed by atoms with Gasteiger partial charge in [-0.3, -0.25) is 24.4 Å². The molecule has 4 rings (SSSR count). The van der Waals surface area contributed by atoms with Crippen LogP contribution in [-0.2, 0) is 6.54 Å². The number of aromatic nitrogens is 2. The van der Waals surface area contributed by atoms with Crippen LogP contribution in [0.3, 0.4) is 0 Å². The molecule has 2 heterocycles. The van der Waals surface area contributed by atoms with Gasteiger partial charge in [0.1, 0.15) is 11.6 Å². The van der Waals surface area contributed by atoms with Crippen LogP contribution in [0.1, 0.15) is 12.7 Å². The lowest BCUT2D eigenvalue weighted by atomic mass is 10.2. The zero-order chi connectivity index (χ0) is 21.3. The van der Waals surface area contributed by atoms with Crippen molar-refractivity contribution < 1.29 is 9.31 Å². The van der Waals surface area contributed by atoms with Crippen molar-refractivity contribution in [2.75, 3.05) is 32.7 Å². The molecule has 156 valence electrons. The third-order valence-corrected chi connectivity index (χ3v) is 5.48. The van der Waals surface area contributed by atoms with E-state index in [4.69, 9.17) is 0 Å². The molecule has 0 amide bonds. The number of nitro benzene ring substituents is 1. The highest BCUT2D eigenvalue weighted by Crippen LogP contribution is 2.20. The molecule has 1 aromatic heterocycles. The first kappa shape index (κ1) is 20.1. The topological polar surface area (TPSA) is 84.5 Å². The minimum absolute atomic E-state index is 0.132. The molecule has 1 saturated heterocycles. The first-order chi connectivity index (χ1) is 14.5. The van der Waals surface area contributed by atoms with Crippen LogP contribution in [0.2, 0.25) is 0 Å². The Morgan fingerprint density at radius 2 is 1.83 bits per heavy atom. The number of benzene rings is 2. The zero-order valence-electron chi connectivity index (χ0n) is 16.6. The van der Waals surface area contributed by atoms with E-state index >= 15 is 0 Å². The van der Waals surface area contributed by atoms with Gasteiger partial charge < -0.3 is 4.90 Å². The molecule has 30 heavy (non-hydrogen) atoms. The molecule has 0 atom stereocenters. The van der Waals surface area contributed by atoms with E-state index in [9.17, 15) is 19.3 Å². The molecule has 1 fully saturated rings. The summed E-state index contributed by atoms with van der Waals surface area (Å²) in [6.45, 7) is 7.09.